The van der Waals surface area contributed by atoms with Gasteiger partial charge in [0.25, 0.3) is 10.2 Å². The summed E-state index contributed by atoms with van der Waals surface area (Å²) in [6, 6.07) is -0.116. The highest BCUT2D eigenvalue weighted by Gasteiger charge is 2.32. The van der Waals surface area contributed by atoms with Gasteiger partial charge in [0, 0.05) is 52.4 Å². The molecule has 16 nitrogen and oxygen atoms in total. The zero-order chi connectivity index (χ0) is 56.5. The SMILES string of the molecule is CC(C)(C)NC(=O)C(C)(C)C.CC(C)(C)NC(=O)NC(C)(C)C.CC(C)(C)NS(=O)(=O)C(C)(C)C.CC(C)(C)NS(=O)(=O)NC(C)(C)C.CC(C)(C)OC(=O)C(C)(C)C.CCNC.CCOC. The number of urea groups is 1. The van der Waals surface area contributed by atoms with Crippen LogP contribution in [0.3, 0.4) is 0 Å². The average molecular weight is 1010 g/mol. The van der Waals surface area contributed by atoms with Crippen LogP contribution in [0.4, 0.5) is 4.79 Å². The first kappa shape index (κ1) is 79.1. The number of carbonyl (C=O) groups is 3. The maximum Gasteiger partial charge on any atom is 0.315 e. The Balaban J connectivity index is -0.000000129. The predicted octanol–water partition coefficient (Wildman–Crippen LogP) is 9.59. The highest BCUT2D eigenvalue weighted by Crippen LogP contribution is 2.20. The number of ether oxygens (including phenoxy) is 2. The summed E-state index contributed by atoms with van der Waals surface area (Å²) >= 11 is 0. The molecule has 0 aliphatic carbocycles. The van der Waals surface area contributed by atoms with Gasteiger partial charge >= 0.3 is 12.0 Å². The summed E-state index contributed by atoms with van der Waals surface area (Å²) in [5, 5.41) is 11.5. The lowest BCUT2D eigenvalue weighted by Crippen LogP contribution is -2.52. The Labute approximate surface area is 416 Å². The van der Waals surface area contributed by atoms with Gasteiger partial charge in [0.05, 0.1) is 10.2 Å². The monoisotopic (exact) mass is 1010 g/mol. The molecule has 3 amide bonds. The normalized spacial score (nSPS) is 12.9. The van der Waals surface area contributed by atoms with Crippen molar-refractivity contribution in [3.63, 3.8) is 0 Å². The van der Waals surface area contributed by atoms with Crippen molar-refractivity contribution in [3.05, 3.63) is 0 Å². The van der Waals surface area contributed by atoms with Crippen LogP contribution in [0.25, 0.3) is 0 Å². The topological polar surface area (TPSA) is 222 Å². The molecular weight excluding hydrogens is 895 g/mol. The molecule has 0 atom stereocenters. The Hall–Kier alpha value is -2.09. The Morgan fingerprint density at radius 2 is 0.716 bits per heavy atom. The minimum atomic E-state index is -3.40. The maximum atomic E-state index is 11.6. The van der Waals surface area contributed by atoms with Crippen molar-refractivity contribution in [2.75, 3.05) is 27.3 Å². The van der Waals surface area contributed by atoms with E-state index in [-0.39, 0.29) is 45.5 Å². The molecule has 410 valence electrons. The van der Waals surface area contributed by atoms with Gasteiger partial charge in [0.1, 0.15) is 5.60 Å². The largest absolute Gasteiger partial charge is 0.460 e. The van der Waals surface area contributed by atoms with Gasteiger partial charge in [-0.15, -0.1) is 0 Å². The fourth-order valence-electron chi connectivity index (χ4n) is 3.06. The van der Waals surface area contributed by atoms with Gasteiger partial charge in [-0.2, -0.15) is 17.9 Å². The van der Waals surface area contributed by atoms with Crippen molar-refractivity contribution < 1.29 is 40.7 Å². The van der Waals surface area contributed by atoms with E-state index in [9.17, 15) is 31.2 Å². The molecule has 0 aliphatic rings. The smallest absolute Gasteiger partial charge is 0.315 e. The molecule has 0 aromatic heterocycles. The lowest BCUT2D eigenvalue weighted by atomic mass is 9.94. The molecule has 0 aliphatic heterocycles. The number of nitrogens with one attached hydrogen (secondary N) is 7. The summed E-state index contributed by atoms with van der Waals surface area (Å²) < 4.78 is 62.6. The number of esters is 1. The third-order valence-electron chi connectivity index (χ3n) is 5.93. The zero-order valence-corrected chi connectivity index (χ0v) is 51.5. The van der Waals surface area contributed by atoms with Crippen LogP contribution < -0.4 is 35.4 Å². The second kappa shape index (κ2) is 31.3. The lowest BCUT2D eigenvalue weighted by molar-refractivity contribution is -0.164. The zero-order valence-electron chi connectivity index (χ0n) is 49.9. The fourth-order valence-corrected chi connectivity index (χ4v) is 5.84. The van der Waals surface area contributed by atoms with Crippen molar-refractivity contribution in [1.29, 1.82) is 0 Å². The molecule has 7 N–H and O–H groups in total. The first-order chi connectivity index (χ1) is 28.6. The Bertz CT molecular complexity index is 1480. The molecule has 0 spiro atoms. The van der Waals surface area contributed by atoms with E-state index >= 15 is 0 Å². The van der Waals surface area contributed by atoms with Crippen LogP contribution in [0.2, 0.25) is 0 Å². The number of carbonyl (C=O) groups excluding carboxylic acids is 3. The van der Waals surface area contributed by atoms with Crippen LogP contribution in [-0.4, -0.2) is 106 Å². The number of rotatable bonds is 5. The number of methoxy groups -OCH3 is 1. The molecule has 0 saturated carbocycles. The van der Waals surface area contributed by atoms with Gasteiger partial charge in [-0.05, 0) is 207 Å². The molecule has 0 radical (unpaired) electrons. The third-order valence-corrected chi connectivity index (χ3v) is 10.2. The van der Waals surface area contributed by atoms with Crippen LogP contribution in [0.1, 0.15) is 222 Å². The number of sulfonamides is 1. The number of hydrogen-bond donors (Lipinski definition) is 7. The highest BCUT2D eigenvalue weighted by molar-refractivity contribution is 7.90. The highest BCUT2D eigenvalue weighted by atomic mass is 32.2. The van der Waals surface area contributed by atoms with Crippen LogP contribution in [0.5, 0.6) is 0 Å². The first-order valence-corrected chi connectivity index (χ1v) is 26.2. The van der Waals surface area contributed by atoms with E-state index in [1.54, 1.807) is 69.4 Å². The van der Waals surface area contributed by atoms with E-state index in [4.69, 9.17) is 4.74 Å². The van der Waals surface area contributed by atoms with Gasteiger partial charge in [-0.1, -0.05) is 27.7 Å². The minimum absolute atomic E-state index is 0.102. The van der Waals surface area contributed by atoms with E-state index in [1.807, 2.05) is 159 Å². The van der Waals surface area contributed by atoms with Crippen molar-refractivity contribution in [2.24, 2.45) is 10.8 Å². The van der Waals surface area contributed by atoms with E-state index in [0.717, 1.165) is 13.2 Å². The molecule has 0 saturated heterocycles. The fraction of sp³-hybridized carbons (Fsp3) is 0.939. The van der Waals surface area contributed by atoms with E-state index < -0.39 is 47.0 Å². The number of hydrogen-bond acceptors (Lipinski definition) is 10. The lowest BCUT2D eigenvalue weighted by Gasteiger charge is -2.27. The van der Waals surface area contributed by atoms with Crippen LogP contribution in [0, 0.1) is 10.8 Å². The second-order valence-corrected chi connectivity index (χ2v) is 30.1. The molecule has 67 heavy (non-hydrogen) atoms. The van der Waals surface area contributed by atoms with Crippen LogP contribution in [-0.2, 0) is 39.3 Å². The molecule has 0 aromatic carbocycles. The van der Waals surface area contributed by atoms with Gasteiger partial charge < -0.3 is 30.7 Å². The number of amides is 3. The average Bonchev–Trinajstić information content (AvgIpc) is 2.94. The minimum Gasteiger partial charge on any atom is -0.460 e. The Morgan fingerprint density at radius 1 is 0.448 bits per heavy atom. The third kappa shape index (κ3) is 70.6. The standard InChI is InChI=1S/C9H20N2O.C9H19NO.C9H18O2.C8H20N2O2S.C8H19NO2S.C3H9N.C3H8O/c1-8(2,3)10-7(12)11-9(4,5)6;1-8(2,3)7(11)10-9(4,5)6;1-8(2,3)7(10)11-9(4,5)6;1-7(2,3)9-13(11,12)10-8(4,5)6;1-7(2,3)9-12(10,11)8(4,5)6;2*1-3-4-2/h1-6H3,(H2,10,11,12);1-6H3,(H,10,11);1-6H3;9-10H,1-6H3;9H,1-6H3;4H,3H2,1-2H3;3H2,1-2H3. The summed E-state index contributed by atoms with van der Waals surface area (Å²) in [6.07, 6.45) is 0. The van der Waals surface area contributed by atoms with Crippen molar-refractivity contribution >= 4 is 38.1 Å². The van der Waals surface area contributed by atoms with Gasteiger partial charge in [-0.25, -0.2) is 17.9 Å². The predicted molar refractivity (Wildman–Crippen MR) is 287 cm³/mol. The second-order valence-electron chi connectivity index (χ2n) is 26.2. The van der Waals surface area contributed by atoms with Crippen LogP contribution >= 0.6 is 0 Å². The van der Waals surface area contributed by atoms with Gasteiger partial charge in [0.15, 0.2) is 0 Å². The van der Waals surface area contributed by atoms with Gasteiger partial charge in [0.2, 0.25) is 15.9 Å². The van der Waals surface area contributed by atoms with E-state index in [2.05, 4.69) is 47.1 Å². The van der Waals surface area contributed by atoms with Crippen LogP contribution in [0.15, 0.2) is 0 Å². The molecule has 18 heteroatoms. The molecule has 0 unspecified atom stereocenters. The Morgan fingerprint density at radius 3 is 0.821 bits per heavy atom. The summed E-state index contributed by atoms with van der Waals surface area (Å²) in [5.74, 6) is -0.0463. The molecular formula is C49H113N7O9S2. The van der Waals surface area contributed by atoms with Crippen molar-refractivity contribution in [3.8, 4) is 0 Å². The molecule has 0 bridgehead atoms. The first-order valence-electron chi connectivity index (χ1n) is 23.2. The quantitative estimate of drug-likeness (QED) is 0.129. The maximum absolute atomic E-state index is 11.6. The van der Waals surface area contributed by atoms with Crippen molar-refractivity contribution in [1.82, 2.24) is 35.4 Å². The molecule has 0 rings (SSSR count). The summed E-state index contributed by atoms with van der Waals surface area (Å²) in [5.41, 5.74) is -2.81. The summed E-state index contributed by atoms with van der Waals surface area (Å²) in [4.78, 5) is 33.9. The van der Waals surface area contributed by atoms with Gasteiger partial charge in [-0.3, -0.25) is 9.59 Å². The summed E-state index contributed by atoms with van der Waals surface area (Å²) in [7, 11) is -2.99. The van der Waals surface area contributed by atoms with Crippen molar-refractivity contribution in [2.45, 2.75) is 265 Å². The van der Waals surface area contributed by atoms with E-state index in [1.165, 1.54) is 0 Å². The molecule has 0 fully saturated rings. The molecule has 0 aromatic rings. The Kier molecular flexibility index (Phi) is 36.9. The van der Waals surface area contributed by atoms with E-state index in [0.29, 0.717) is 0 Å². The molecule has 0 heterocycles. The summed E-state index contributed by atoms with van der Waals surface area (Å²) in [6.45, 7) is 61.8.